The normalized spacial score (nSPS) is 14.1. The van der Waals surface area contributed by atoms with E-state index in [0.717, 1.165) is 0 Å². The van der Waals surface area contributed by atoms with Crippen LogP contribution in [-0.4, -0.2) is 189 Å². The summed E-state index contributed by atoms with van der Waals surface area (Å²) in [5, 5.41) is 42.2. The fourth-order valence-electron chi connectivity index (χ4n) is 9.13. The zero-order valence-electron chi connectivity index (χ0n) is 49.5. The molecule has 3 aromatic rings. The summed E-state index contributed by atoms with van der Waals surface area (Å²) < 4.78 is 0. The van der Waals surface area contributed by atoms with E-state index in [1.807, 2.05) is 0 Å². The largest absolute Gasteiger partial charge is 0.481 e. The molecule has 0 fully saturated rings. The predicted octanol–water partition coefficient (Wildman–Crippen LogP) is -6.18. The number of nitrogens with two attached hydrogens (primary N) is 7. The minimum Gasteiger partial charge on any atom is -0.481 e. The molecule has 89 heavy (non-hydrogen) atoms. The summed E-state index contributed by atoms with van der Waals surface area (Å²) in [5.41, 5.74) is 40.7. The van der Waals surface area contributed by atoms with Gasteiger partial charge < -0.3 is 108 Å². The number of aromatic nitrogens is 3. The van der Waals surface area contributed by atoms with Crippen molar-refractivity contribution in [3.63, 3.8) is 0 Å². The lowest BCUT2D eigenvalue weighted by Crippen LogP contribution is -2.61. The molecule has 0 saturated heterocycles. The van der Waals surface area contributed by atoms with E-state index in [2.05, 4.69) is 62.8 Å². The van der Waals surface area contributed by atoms with E-state index < -0.39 is 157 Å². The minimum absolute atomic E-state index is 0.0285. The molecule has 9 atom stereocenters. The second-order valence-electron chi connectivity index (χ2n) is 21.1. The summed E-state index contributed by atoms with van der Waals surface area (Å²) in [6.07, 6.45) is 3.85. The van der Waals surface area contributed by atoms with Crippen LogP contribution in [0.1, 0.15) is 108 Å². The van der Waals surface area contributed by atoms with E-state index in [4.69, 9.17) is 40.1 Å². The first-order chi connectivity index (χ1) is 42.4. The smallest absolute Gasteiger partial charge is 0.326 e. The molecular weight excluding hydrogens is 1170 g/mol. The quantitative estimate of drug-likeness (QED) is 0.0234. The van der Waals surface area contributed by atoms with Gasteiger partial charge in [0.2, 0.25) is 65.0 Å². The lowest BCUT2D eigenvalue weighted by atomic mass is 10.0. The van der Waals surface area contributed by atoms with E-state index in [9.17, 15) is 72.5 Å². The Balaban J connectivity index is 1.97. The number of imidazole rings is 1. The summed E-state index contributed by atoms with van der Waals surface area (Å²) in [5.74, 6) is -14.4. The number of amides is 11. The molecule has 34 nitrogen and oxygen atoms in total. The van der Waals surface area contributed by atoms with Gasteiger partial charge in [-0.25, -0.2) is 9.78 Å². The molecule has 0 radical (unpaired) electrons. The van der Waals surface area contributed by atoms with Crippen molar-refractivity contribution in [1.82, 2.24) is 62.8 Å². The van der Waals surface area contributed by atoms with Crippen LogP contribution in [0.15, 0.2) is 43.0 Å². The van der Waals surface area contributed by atoms with Gasteiger partial charge in [0.1, 0.15) is 48.3 Å². The summed E-state index contributed by atoms with van der Waals surface area (Å²) >= 11 is 0. The number of carboxylic acid groups (broad SMARTS) is 2. The van der Waals surface area contributed by atoms with E-state index in [1.54, 1.807) is 24.3 Å². The van der Waals surface area contributed by atoms with E-state index >= 15 is 0 Å². The Hall–Kier alpha value is -9.12. The lowest BCUT2D eigenvalue weighted by molar-refractivity contribution is -0.144. The minimum atomic E-state index is -2.06. The number of nitrogens with zero attached hydrogens (tertiary/aromatic N) is 1. The highest BCUT2D eigenvalue weighted by atomic mass is 16.4. The van der Waals surface area contributed by atoms with Crippen molar-refractivity contribution in [1.29, 1.82) is 0 Å². The van der Waals surface area contributed by atoms with Crippen molar-refractivity contribution in [3.05, 3.63) is 54.2 Å². The highest BCUT2D eigenvalue weighted by Gasteiger charge is 2.37. The molecule has 1 aromatic carbocycles. The molecule has 2 heterocycles. The molecule has 0 aliphatic rings. The summed E-state index contributed by atoms with van der Waals surface area (Å²) in [6, 6.07) is -7.37. The molecule has 34 heteroatoms. The molecule has 0 bridgehead atoms. The number of benzene rings is 1. The highest BCUT2D eigenvalue weighted by molar-refractivity contribution is 6.00. The first kappa shape index (κ1) is 74.1. The molecule has 3 rings (SSSR count). The van der Waals surface area contributed by atoms with Gasteiger partial charge >= 0.3 is 11.9 Å². The summed E-state index contributed by atoms with van der Waals surface area (Å²) in [4.78, 5) is 183. The number of rotatable bonds is 45. The maximum Gasteiger partial charge on any atom is 0.326 e. The SMILES string of the molecule is NCCCC[C@H](NC(=O)CNC(=O)[C@@H](N)CCCCN)C(=O)N[C@@H](CCCCN)C(=O)N[C@@H](CC(N)=O)C(=O)N[C@@H](CC(=O)O)C(=O)N[C@@H](Cc1c[nH]c2ccccc12)C(=O)N[C@@H](CCCCN)C(=O)N[C@@H](Cc1cnc[nH]1)C(=O)N[C@@H](CC(N)=O)C(=O)O. The number of unbranched alkanes of at least 4 members (excludes halogenated alkanes) is 4. The van der Waals surface area contributed by atoms with Gasteiger partial charge in [0.25, 0.3) is 0 Å². The first-order valence-corrected chi connectivity index (χ1v) is 29.2. The van der Waals surface area contributed by atoms with Crippen molar-refractivity contribution in [2.45, 2.75) is 164 Å². The monoisotopic (exact) mass is 1250 g/mol. The van der Waals surface area contributed by atoms with Crippen molar-refractivity contribution in [2.24, 2.45) is 40.1 Å². The van der Waals surface area contributed by atoms with Crippen LogP contribution < -0.4 is 88.0 Å². The summed E-state index contributed by atoms with van der Waals surface area (Å²) in [6.45, 7) is 0.420. The Kier molecular flexibility index (Phi) is 33.0. The average Bonchev–Trinajstić information content (AvgIpc) is 2.95. The van der Waals surface area contributed by atoms with Crippen molar-refractivity contribution in [3.8, 4) is 0 Å². The molecule has 0 saturated carbocycles. The van der Waals surface area contributed by atoms with Crippen LogP contribution in [0.25, 0.3) is 10.9 Å². The zero-order valence-corrected chi connectivity index (χ0v) is 49.5. The number of aliphatic carboxylic acids is 2. The standard InChI is InChI=1S/C55H87N19O15/c56-17-7-3-12-33(60)47(80)65-28-45(77)67-35(14-4-8-18-57)48(81)68-36(15-5-9-19-58)50(83)72-40(23-43(61)75)53(86)73-41(25-46(78)79)54(87)70-38(21-30-26-64-34-13-2-1-11-32(30)34)51(84)69-37(16-6-10-20-59)49(82)71-39(22-31-27-63-29-66-31)52(85)74-42(55(88)89)24-44(62)76/h1-2,11,13,26-27,29,33,35-42,64H,3-10,12,14-25,28,56-60H2,(H2,61,75)(H2,62,76)(H,63,66)(H,65,80)(H,67,77)(H,68,81)(H,69,84)(H,70,87)(H,71,82)(H,72,83)(H,73,86)(H,74,85)(H,78,79)(H,88,89)/t33-,35-,36-,37-,38-,39-,40-,41-,42-/m0/s1. The van der Waals surface area contributed by atoms with E-state index in [1.165, 1.54) is 18.7 Å². The van der Waals surface area contributed by atoms with Crippen molar-refractivity contribution in [2.75, 3.05) is 32.7 Å². The second kappa shape index (κ2) is 39.6. The number of para-hydroxylation sites is 1. The number of hydrogen-bond donors (Lipinski definition) is 20. The topological polar surface area (TPSA) is 597 Å². The van der Waals surface area contributed by atoms with Crippen LogP contribution in [-0.2, 0) is 75.2 Å². The molecule has 492 valence electrons. The van der Waals surface area contributed by atoms with Gasteiger partial charge in [0.15, 0.2) is 0 Å². The third-order valence-electron chi connectivity index (χ3n) is 13.9. The number of primary amides is 2. The molecule has 0 unspecified atom stereocenters. The summed E-state index contributed by atoms with van der Waals surface area (Å²) in [7, 11) is 0. The molecule has 2 aromatic heterocycles. The fourth-order valence-corrected chi connectivity index (χ4v) is 9.13. The second-order valence-corrected chi connectivity index (χ2v) is 21.1. The van der Waals surface area contributed by atoms with Gasteiger partial charge in [0.05, 0.1) is 38.2 Å². The molecular formula is C55H87N19O15. The molecule has 11 amide bonds. The van der Waals surface area contributed by atoms with Gasteiger partial charge in [0, 0.05) is 41.8 Å². The van der Waals surface area contributed by atoms with Crippen LogP contribution in [0.4, 0.5) is 0 Å². The number of carboxylic acids is 2. The van der Waals surface area contributed by atoms with Crippen LogP contribution in [0.3, 0.4) is 0 Å². The average molecular weight is 1250 g/mol. The number of fused-ring (bicyclic) bond motifs is 1. The Labute approximate surface area is 512 Å². The van der Waals surface area contributed by atoms with Crippen LogP contribution in [0, 0.1) is 0 Å². The van der Waals surface area contributed by atoms with Gasteiger partial charge in [-0.1, -0.05) is 24.6 Å². The molecule has 0 aliphatic carbocycles. The molecule has 0 spiro atoms. The number of carbonyl (C=O) groups is 13. The Morgan fingerprint density at radius 1 is 0.472 bits per heavy atom. The number of carbonyl (C=O) groups excluding carboxylic acids is 11. The predicted molar refractivity (Wildman–Crippen MR) is 320 cm³/mol. The first-order valence-electron chi connectivity index (χ1n) is 29.2. The lowest BCUT2D eigenvalue weighted by Gasteiger charge is -2.28. The number of nitrogens with one attached hydrogen (secondary N) is 11. The molecule has 27 N–H and O–H groups in total. The number of aromatic amines is 2. The van der Waals surface area contributed by atoms with Crippen molar-refractivity contribution < 1.29 is 72.5 Å². The van der Waals surface area contributed by atoms with E-state index in [-0.39, 0.29) is 64.6 Å². The van der Waals surface area contributed by atoms with Gasteiger partial charge in [-0.3, -0.25) is 57.5 Å². The van der Waals surface area contributed by atoms with Gasteiger partial charge in [-0.2, -0.15) is 0 Å². The highest BCUT2D eigenvalue weighted by Crippen LogP contribution is 2.20. The third-order valence-corrected chi connectivity index (χ3v) is 13.9. The fraction of sp³-hybridized carbons (Fsp3) is 0.564. The van der Waals surface area contributed by atoms with Gasteiger partial charge in [-0.05, 0) is 108 Å². The van der Waals surface area contributed by atoms with Crippen molar-refractivity contribution >= 4 is 87.8 Å². The van der Waals surface area contributed by atoms with Gasteiger partial charge in [-0.15, -0.1) is 0 Å². The zero-order chi connectivity index (χ0) is 66.0. The number of hydrogen-bond acceptors (Lipinski definition) is 19. The molecule has 0 aliphatic heterocycles. The Morgan fingerprint density at radius 3 is 1.36 bits per heavy atom. The maximum atomic E-state index is 14.7. The number of H-pyrrole nitrogens is 2. The maximum absolute atomic E-state index is 14.7. The van der Waals surface area contributed by atoms with Crippen LogP contribution in [0.2, 0.25) is 0 Å². The van der Waals surface area contributed by atoms with Crippen LogP contribution >= 0.6 is 0 Å². The third kappa shape index (κ3) is 27.2. The Bertz CT molecular complexity index is 2850. The van der Waals surface area contributed by atoms with E-state index in [0.29, 0.717) is 73.7 Å². The van der Waals surface area contributed by atoms with Crippen LogP contribution in [0.5, 0.6) is 0 Å². The Morgan fingerprint density at radius 2 is 0.888 bits per heavy atom.